The number of pyridine rings is 1. The van der Waals surface area contributed by atoms with Crippen molar-refractivity contribution >= 4 is 16.7 Å². The van der Waals surface area contributed by atoms with E-state index in [9.17, 15) is 0 Å². The van der Waals surface area contributed by atoms with Gasteiger partial charge in [0.1, 0.15) is 22.8 Å². The van der Waals surface area contributed by atoms with Crippen LogP contribution in [0.15, 0.2) is 18.2 Å². The lowest BCUT2D eigenvalue weighted by atomic mass is 9.86. The van der Waals surface area contributed by atoms with E-state index in [1.54, 1.807) is 14.2 Å². The molecule has 0 spiro atoms. The number of methoxy groups -OCH3 is 2. The highest BCUT2D eigenvalue weighted by Crippen LogP contribution is 2.36. The standard InChI is InChI=1S/C17H24N2O2/c1-7-18-16-13(17(2,3)4)9-11-8-12(20-5)10-14(21-6)15(11)19-16/h8-10H,7H2,1-6H3,(H,18,19). The molecule has 114 valence electrons. The smallest absolute Gasteiger partial charge is 0.148 e. The molecule has 0 amide bonds. The van der Waals surface area contributed by atoms with Crippen LogP contribution in [0, 0.1) is 0 Å². The van der Waals surface area contributed by atoms with Crippen molar-refractivity contribution in [2.24, 2.45) is 0 Å². The summed E-state index contributed by atoms with van der Waals surface area (Å²) in [4.78, 5) is 4.79. The van der Waals surface area contributed by atoms with Gasteiger partial charge in [0.05, 0.1) is 14.2 Å². The number of aromatic nitrogens is 1. The van der Waals surface area contributed by atoms with E-state index in [1.807, 2.05) is 12.1 Å². The quantitative estimate of drug-likeness (QED) is 0.924. The average molecular weight is 288 g/mol. The number of hydrogen-bond donors (Lipinski definition) is 1. The summed E-state index contributed by atoms with van der Waals surface area (Å²) in [5.74, 6) is 2.42. The molecule has 4 heteroatoms. The van der Waals surface area contributed by atoms with E-state index < -0.39 is 0 Å². The first-order chi connectivity index (χ1) is 9.90. The number of ether oxygens (including phenoxy) is 2. The van der Waals surface area contributed by atoms with Crippen molar-refractivity contribution in [3.05, 3.63) is 23.8 Å². The highest BCUT2D eigenvalue weighted by molar-refractivity contribution is 5.89. The fraction of sp³-hybridized carbons (Fsp3) is 0.471. The molecule has 0 saturated heterocycles. The molecule has 0 saturated carbocycles. The normalized spacial score (nSPS) is 11.5. The third-order valence-corrected chi connectivity index (χ3v) is 3.46. The van der Waals surface area contributed by atoms with Gasteiger partial charge in [0, 0.05) is 23.6 Å². The van der Waals surface area contributed by atoms with Crippen molar-refractivity contribution in [1.29, 1.82) is 0 Å². The minimum Gasteiger partial charge on any atom is -0.497 e. The van der Waals surface area contributed by atoms with Crippen LogP contribution in [-0.2, 0) is 5.41 Å². The molecule has 2 rings (SSSR count). The molecular weight excluding hydrogens is 264 g/mol. The molecule has 0 radical (unpaired) electrons. The lowest BCUT2D eigenvalue weighted by Gasteiger charge is -2.23. The zero-order valence-corrected chi connectivity index (χ0v) is 13.7. The van der Waals surface area contributed by atoms with E-state index in [0.29, 0.717) is 0 Å². The molecular formula is C17H24N2O2. The van der Waals surface area contributed by atoms with Crippen LogP contribution in [-0.4, -0.2) is 25.7 Å². The second kappa shape index (κ2) is 5.80. The Hall–Kier alpha value is -1.97. The van der Waals surface area contributed by atoms with Gasteiger partial charge in [-0.25, -0.2) is 4.98 Å². The van der Waals surface area contributed by atoms with E-state index in [0.717, 1.165) is 34.8 Å². The highest BCUT2D eigenvalue weighted by Gasteiger charge is 2.21. The van der Waals surface area contributed by atoms with Crippen molar-refractivity contribution < 1.29 is 9.47 Å². The molecule has 0 bridgehead atoms. The fourth-order valence-corrected chi connectivity index (χ4v) is 2.38. The van der Waals surface area contributed by atoms with Crippen LogP contribution < -0.4 is 14.8 Å². The predicted molar refractivity (Wildman–Crippen MR) is 87.7 cm³/mol. The minimum atomic E-state index is 0.00893. The van der Waals surface area contributed by atoms with Crippen molar-refractivity contribution in [3.8, 4) is 11.5 Å². The highest BCUT2D eigenvalue weighted by atomic mass is 16.5. The molecule has 0 unspecified atom stereocenters. The van der Waals surface area contributed by atoms with Crippen molar-refractivity contribution in [1.82, 2.24) is 4.98 Å². The molecule has 0 fully saturated rings. The van der Waals surface area contributed by atoms with Crippen LogP contribution in [0.1, 0.15) is 33.3 Å². The van der Waals surface area contributed by atoms with E-state index in [2.05, 4.69) is 39.1 Å². The molecule has 1 aromatic carbocycles. The number of fused-ring (bicyclic) bond motifs is 1. The van der Waals surface area contributed by atoms with Gasteiger partial charge in [-0.05, 0) is 24.5 Å². The third-order valence-electron chi connectivity index (χ3n) is 3.46. The van der Waals surface area contributed by atoms with Gasteiger partial charge in [-0.3, -0.25) is 0 Å². The zero-order valence-electron chi connectivity index (χ0n) is 13.7. The Balaban J connectivity index is 2.77. The second-order valence-corrected chi connectivity index (χ2v) is 6.07. The fourth-order valence-electron chi connectivity index (χ4n) is 2.38. The number of benzene rings is 1. The SMILES string of the molecule is CCNc1nc2c(OC)cc(OC)cc2cc1C(C)(C)C. The summed E-state index contributed by atoms with van der Waals surface area (Å²) in [5, 5.41) is 4.38. The Morgan fingerprint density at radius 3 is 2.33 bits per heavy atom. The average Bonchev–Trinajstić information content (AvgIpc) is 2.44. The molecule has 1 heterocycles. The van der Waals surface area contributed by atoms with Crippen LogP contribution in [0.4, 0.5) is 5.82 Å². The Kier molecular flexibility index (Phi) is 4.26. The summed E-state index contributed by atoms with van der Waals surface area (Å²) in [6.07, 6.45) is 0. The molecule has 4 nitrogen and oxygen atoms in total. The summed E-state index contributed by atoms with van der Waals surface area (Å²) in [7, 11) is 3.31. The maximum Gasteiger partial charge on any atom is 0.148 e. The summed E-state index contributed by atoms with van der Waals surface area (Å²) >= 11 is 0. The molecule has 0 aliphatic heterocycles. The first-order valence-corrected chi connectivity index (χ1v) is 7.21. The van der Waals surface area contributed by atoms with Crippen LogP contribution in [0.25, 0.3) is 10.9 Å². The topological polar surface area (TPSA) is 43.4 Å². The van der Waals surface area contributed by atoms with Gasteiger partial charge in [-0.1, -0.05) is 20.8 Å². The summed E-state index contributed by atoms with van der Waals surface area (Å²) in [6.45, 7) is 9.47. The number of anilines is 1. The maximum atomic E-state index is 5.46. The lowest BCUT2D eigenvalue weighted by molar-refractivity contribution is 0.397. The van der Waals surface area contributed by atoms with Crippen LogP contribution in [0.5, 0.6) is 11.5 Å². The summed E-state index contributed by atoms with van der Waals surface area (Å²) in [5.41, 5.74) is 2.05. The minimum absolute atomic E-state index is 0.00893. The summed E-state index contributed by atoms with van der Waals surface area (Å²) in [6, 6.07) is 6.03. The Morgan fingerprint density at radius 1 is 1.10 bits per heavy atom. The zero-order chi connectivity index (χ0) is 15.6. The van der Waals surface area contributed by atoms with Crippen molar-refractivity contribution in [2.45, 2.75) is 33.1 Å². The number of nitrogens with zero attached hydrogens (tertiary/aromatic N) is 1. The molecule has 21 heavy (non-hydrogen) atoms. The molecule has 0 aliphatic rings. The monoisotopic (exact) mass is 288 g/mol. The van der Waals surface area contributed by atoms with E-state index >= 15 is 0 Å². The van der Waals surface area contributed by atoms with Gasteiger partial charge >= 0.3 is 0 Å². The number of nitrogens with one attached hydrogen (secondary N) is 1. The van der Waals surface area contributed by atoms with Crippen LogP contribution in [0.2, 0.25) is 0 Å². The van der Waals surface area contributed by atoms with Gasteiger partial charge in [0.15, 0.2) is 0 Å². The van der Waals surface area contributed by atoms with Crippen molar-refractivity contribution in [3.63, 3.8) is 0 Å². The molecule has 2 aromatic rings. The Morgan fingerprint density at radius 2 is 1.81 bits per heavy atom. The Bertz CT molecular complexity index is 645. The third kappa shape index (κ3) is 3.04. The van der Waals surface area contributed by atoms with Crippen LogP contribution >= 0.6 is 0 Å². The Labute approximate surface area is 126 Å². The van der Waals surface area contributed by atoms with Crippen molar-refractivity contribution in [2.75, 3.05) is 26.1 Å². The second-order valence-electron chi connectivity index (χ2n) is 6.07. The number of hydrogen-bond acceptors (Lipinski definition) is 4. The largest absolute Gasteiger partial charge is 0.497 e. The molecule has 0 aliphatic carbocycles. The van der Waals surface area contributed by atoms with Gasteiger partial charge < -0.3 is 14.8 Å². The van der Waals surface area contributed by atoms with Gasteiger partial charge in [0.2, 0.25) is 0 Å². The number of rotatable bonds is 4. The molecule has 0 atom stereocenters. The summed E-state index contributed by atoms with van der Waals surface area (Å²) < 4.78 is 10.8. The first kappa shape index (κ1) is 15.4. The van der Waals surface area contributed by atoms with Gasteiger partial charge in [-0.2, -0.15) is 0 Å². The van der Waals surface area contributed by atoms with Crippen LogP contribution in [0.3, 0.4) is 0 Å². The van der Waals surface area contributed by atoms with Gasteiger partial charge in [-0.15, -0.1) is 0 Å². The van der Waals surface area contributed by atoms with E-state index in [4.69, 9.17) is 14.5 Å². The predicted octanol–water partition coefficient (Wildman–Crippen LogP) is 3.98. The van der Waals surface area contributed by atoms with E-state index in [-0.39, 0.29) is 5.41 Å². The molecule has 1 aromatic heterocycles. The van der Waals surface area contributed by atoms with Gasteiger partial charge in [0.25, 0.3) is 0 Å². The first-order valence-electron chi connectivity index (χ1n) is 7.21. The molecule has 1 N–H and O–H groups in total. The maximum absolute atomic E-state index is 5.46. The van der Waals surface area contributed by atoms with E-state index in [1.165, 1.54) is 5.56 Å². The lowest BCUT2D eigenvalue weighted by Crippen LogP contribution is -2.16.